The number of carbonyl (C=O) groups excluding carboxylic acids is 2. The molecule has 114 valence electrons. The first kappa shape index (κ1) is 17.4. The van der Waals surface area contributed by atoms with E-state index >= 15 is 0 Å². The molecule has 0 atom stereocenters. The molecule has 0 spiro atoms. The molecule has 2 radical (unpaired) electrons. The van der Waals surface area contributed by atoms with Gasteiger partial charge in [-0.3, -0.25) is 9.59 Å². The Morgan fingerprint density at radius 3 is 1.35 bits per heavy atom. The smallest absolute Gasteiger partial charge is 0.135 e. The summed E-state index contributed by atoms with van der Waals surface area (Å²) < 4.78 is 0. The largest absolute Gasteiger partial charge is 0.299 e. The monoisotopic (exact) mass is 278 g/mol. The predicted molar refractivity (Wildman–Crippen MR) is 83.1 cm³/mol. The maximum absolute atomic E-state index is 12.0. The van der Waals surface area contributed by atoms with E-state index < -0.39 is 0 Å². The average molecular weight is 278 g/mol. The average Bonchev–Trinajstić information content (AvgIpc) is 2.47. The first-order chi connectivity index (χ1) is 9.69. The van der Waals surface area contributed by atoms with Crippen molar-refractivity contribution >= 4 is 11.6 Å². The van der Waals surface area contributed by atoms with Crippen molar-refractivity contribution in [2.24, 2.45) is 11.8 Å². The van der Waals surface area contributed by atoms with Crippen LogP contribution in [0.3, 0.4) is 0 Å². The van der Waals surface area contributed by atoms with Crippen LogP contribution in [0.15, 0.2) is 0 Å². The van der Waals surface area contributed by atoms with Gasteiger partial charge in [-0.15, -0.1) is 0 Å². The lowest BCUT2D eigenvalue weighted by Gasteiger charge is -2.26. The Bertz CT molecular complexity index is 258. The normalized spacial score (nSPS) is 22.7. The van der Waals surface area contributed by atoms with Crippen LogP contribution >= 0.6 is 0 Å². The number of unbranched alkanes of at least 4 members (excludes halogenated alkanes) is 4. The first-order valence-corrected chi connectivity index (χ1v) is 8.33. The molecule has 2 nitrogen and oxygen atoms in total. The molecule has 0 saturated heterocycles. The van der Waals surface area contributed by atoms with Crippen molar-refractivity contribution in [2.45, 2.75) is 77.0 Å². The highest BCUT2D eigenvalue weighted by Crippen LogP contribution is 2.31. The molecule has 0 amide bonds. The maximum atomic E-state index is 12.0. The third kappa shape index (κ3) is 6.19. The van der Waals surface area contributed by atoms with E-state index in [1.807, 2.05) is 0 Å². The lowest BCUT2D eigenvalue weighted by molar-refractivity contribution is -0.128. The summed E-state index contributed by atoms with van der Waals surface area (Å²) in [5, 5.41) is 0. The zero-order valence-electron chi connectivity index (χ0n) is 12.9. The fourth-order valence-corrected chi connectivity index (χ4v) is 3.10. The Balaban J connectivity index is 2.21. The Morgan fingerprint density at radius 1 is 0.700 bits per heavy atom. The summed E-state index contributed by atoms with van der Waals surface area (Å²) in [6.07, 6.45) is 11.0. The van der Waals surface area contributed by atoms with Crippen LogP contribution in [0.4, 0.5) is 0 Å². The van der Waals surface area contributed by atoms with E-state index in [9.17, 15) is 9.59 Å². The summed E-state index contributed by atoms with van der Waals surface area (Å²) >= 11 is 0. The minimum absolute atomic E-state index is 0.226. The van der Waals surface area contributed by atoms with Gasteiger partial charge in [0.25, 0.3) is 0 Å². The quantitative estimate of drug-likeness (QED) is 0.542. The number of hydrogen-bond acceptors (Lipinski definition) is 2. The van der Waals surface area contributed by atoms with E-state index in [0.717, 1.165) is 64.2 Å². The summed E-state index contributed by atoms with van der Waals surface area (Å²) in [5.41, 5.74) is 0. The molecule has 1 rings (SSSR count). The molecule has 0 aromatic heterocycles. The molecule has 0 N–H and O–H groups in total. The Labute approximate surface area is 124 Å². The van der Waals surface area contributed by atoms with E-state index in [0.29, 0.717) is 24.4 Å². The zero-order valence-corrected chi connectivity index (χ0v) is 12.9. The molecule has 2 heteroatoms. The van der Waals surface area contributed by atoms with Gasteiger partial charge in [0.1, 0.15) is 11.6 Å². The van der Waals surface area contributed by atoms with E-state index in [4.69, 9.17) is 0 Å². The van der Waals surface area contributed by atoms with Gasteiger partial charge in [-0.2, -0.15) is 0 Å². The highest BCUT2D eigenvalue weighted by atomic mass is 16.1. The van der Waals surface area contributed by atoms with Crippen LogP contribution < -0.4 is 0 Å². The lowest BCUT2D eigenvalue weighted by Crippen LogP contribution is -2.26. The molecule has 0 unspecified atom stereocenters. The second-order valence-electron chi connectivity index (χ2n) is 6.10. The summed E-state index contributed by atoms with van der Waals surface area (Å²) in [4.78, 5) is 24.1. The second-order valence-corrected chi connectivity index (χ2v) is 6.10. The van der Waals surface area contributed by atoms with Crippen LogP contribution in [-0.4, -0.2) is 11.6 Å². The molecule has 20 heavy (non-hydrogen) atoms. The topological polar surface area (TPSA) is 34.1 Å². The highest BCUT2D eigenvalue weighted by molar-refractivity contribution is 5.83. The van der Waals surface area contributed by atoms with Crippen molar-refractivity contribution in [2.75, 3.05) is 0 Å². The van der Waals surface area contributed by atoms with Crippen molar-refractivity contribution in [3.8, 4) is 0 Å². The molecule has 0 aliphatic heterocycles. The van der Waals surface area contributed by atoms with Crippen molar-refractivity contribution in [3.05, 3.63) is 13.8 Å². The van der Waals surface area contributed by atoms with Gasteiger partial charge in [0.05, 0.1) is 0 Å². The fraction of sp³-hybridized carbons (Fsp3) is 0.778. The van der Waals surface area contributed by atoms with Crippen LogP contribution in [0.25, 0.3) is 0 Å². The number of carbonyl (C=O) groups is 2. The second kappa shape index (κ2) is 10.1. The standard InChI is InChI=1S/C18H30O2/c1-3-5-7-9-17(19)15-11-13-16(14-12-15)18(20)10-8-6-4-2/h15-16H,1-14H2. The molecular formula is C18H30O2. The van der Waals surface area contributed by atoms with Crippen LogP contribution in [0.5, 0.6) is 0 Å². The summed E-state index contributed by atoms with van der Waals surface area (Å²) in [7, 11) is 0. The number of ketones is 2. The van der Waals surface area contributed by atoms with Crippen molar-refractivity contribution in [1.82, 2.24) is 0 Å². The van der Waals surface area contributed by atoms with Crippen LogP contribution in [-0.2, 0) is 9.59 Å². The van der Waals surface area contributed by atoms with Gasteiger partial charge >= 0.3 is 0 Å². The van der Waals surface area contributed by atoms with Gasteiger partial charge in [0, 0.05) is 24.7 Å². The molecule has 1 saturated carbocycles. The van der Waals surface area contributed by atoms with Gasteiger partial charge in [-0.1, -0.05) is 39.5 Å². The lowest BCUT2D eigenvalue weighted by atomic mass is 9.77. The molecule has 1 fully saturated rings. The van der Waals surface area contributed by atoms with E-state index in [2.05, 4.69) is 13.8 Å². The molecule has 1 aliphatic rings. The van der Waals surface area contributed by atoms with Crippen LogP contribution in [0.2, 0.25) is 0 Å². The van der Waals surface area contributed by atoms with Gasteiger partial charge in [-0.25, -0.2) is 0 Å². The van der Waals surface area contributed by atoms with Crippen LogP contribution in [0.1, 0.15) is 77.0 Å². The van der Waals surface area contributed by atoms with Gasteiger partial charge in [-0.05, 0) is 38.5 Å². The third-order valence-electron chi connectivity index (χ3n) is 4.48. The maximum Gasteiger partial charge on any atom is 0.135 e. The van der Waals surface area contributed by atoms with Crippen molar-refractivity contribution in [3.63, 3.8) is 0 Å². The molecular weight excluding hydrogens is 248 g/mol. The van der Waals surface area contributed by atoms with Gasteiger partial charge in [0.15, 0.2) is 0 Å². The minimum atomic E-state index is 0.226. The molecule has 0 bridgehead atoms. The molecule has 0 heterocycles. The van der Waals surface area contributed by atoms with Gasteiger partial charge < -0.3 is 0 Å². The number of rotatable bonds is 10. The SMILES string of the molecule is [CH2]CCCCC(=O)C1CCC(C(=O)CCCC[CH2])CC1. The summed E-state index contributed by atoms with van der Waals surface area (Å²) in [6.45, 7) is 7.60. The summed E-state index contributed by atoms with van der Waals surface area (Å²) in [6, 6.07) is 0. The highest BCUT2D eigenvalue weighted by Gasteiger charge is 2.28. The van der Waals surface area contributed by atoms with Gasteiger partial charge in [0.2, 0.25) is 0 Å². The van der Waals surface area contributed by atoms with Crippen molar-refractivity contribution < 1.29 is 9.59 Å². The van der Waals surface area contributed by atoms with Crippen LogP contribution in [0, 0.1) is 25.7 Å². The Hall–Kier alpha value is -0.660. The number of Topliss-reactive ketones (excluding diaryl/α,β-unsaturated/α-hetero) is 2. The van der Waals surface area contributed by atoms with E-state index in [1.54, 1.807) is 0 Å². The summed E-state index contributed by atoms with van der Waals surface area (Å²) in [5.74, 6) is 1.29. The molecule has 0 aromatic carbocycles. The molecule has 0 aromatic rings. The predicted octanol–water partition coefficient (Wildman–Crippen LogP) is 4.72. The van der Waals surface area contributed by atoms with Crippen molar-refractivity contribution in [1.29, 1.82) is 0 Å². The number of hydrogen-bond donors (Lipinski definition) is 0. The molecule has 1 aliphatic carbocycles. The zero-order chi connectivity index (χ0) is 14.8. The first-order valence-electron chi connectivity index (χ1n) is 8.33. The Morgan fingerprint density at radius 2 is 1.05 bits per heavy atom. The fourth-order valence-electron chi connectivity index (χ4n) is 3.10. The van der Waals surface area contributed by atoms with E-state index in [1.165, 1.54) is 0 Å². The Kier molecular flexibility index (Phi) is 8.80. The third-order valence-corrected chi connectivity index (χ3v) is 4.48. The van der Waals surface area contributed by atoms with E-state index in [-0.39, 0.29) is 11.8 Å². The minimum Gasteiger partial charge on any atom is -0.299 e.